The van der Waals surface area contributed by atoms with Crippen molar-refractivity contribution in [2.75, 3.05) is 19.6 Å². The van der Waals surface area contributed by atoms with Gasteiger partial charge in [0.1, 0.15) is 0 Å². The average molecular weight is 241 g/mol. The van der Waals surface area contributed by atoms with E-state index in [0.29, 0.717) is 0 Å². The Bertz CT molecular complexity index is 171. The predicted molar refractivity (Wildman–Crippen MR) is 72.8 cm³/mol. The third-order valence-electron chi connectivity index (χ3n) is 3.07. The number of hydrogen-bond donors (Lipinski definition) is 0. The molecule has 0 saturated heterocycles. The number of carbonyl (C=O) groups is 1. The van der Waals surface area contributed by atoms with Crippen LogP contribution in [-0.4, -0.2) is 30.4 Å². The highest BCUT2D eigenvalue weighted by Gasteiger charge is 2.10. The Labute approximate surface area is 107 Å². The smallest absolute Gasteiger partial charge is 0.237 e. The third-order valence-corrected chi connectivity index (χ3v) is 3.07. The molecule has 1 amide bonds. The first-order chi connectivity index (χ1) is 8.26. The van der Waals surface area contributed by atoms with Gasteiger partial charge in [0.05, 0.1) is 6.54 Å². The molecule has 0 spiro atoms. The third kappa shape index (κ3) is 9.16. The van der Waals surface area contributed by atoms with Gasteiger partial charge >= 0.3 is 0 Å². The molecule has 0 aromatic carbocycles. The molecule has 0 rings (SSSR count). The SMILES string of the molecule is CCCCCCN(CCCCCC)C(=O)C[NH]. The number of rotatable bonds is 11. The highest BCUT2D eigenvalue weighted by molar-refractivity contribution is 5.77. The van der Waals surface area contributed by atoms with Gasteiger partial charge in [0, 0.05) is 13.1 Å². The van der Waals surface area contributed by atoms with E-state index in [1.165, 1.54) is 38.5 Å². The van der Waals surface area contributed by atoms with Crippen molar-refractivity contribution in [2.45, 2.75) is 65.2 Å². The van der Waals surface area contributed by atoms with Crippen LogP contribution >= 0.6 is 0 Å². The van der Waals surface area contributed by atoms with E-state index < -0.39 is 0 Å². The van der Waals surface area contributed by atoms with Crippen LogP contribution in [0.3, 0.4) is 0 Å². The molecule has 17 heavy (non-hydrogen) atoms. The van der Waals surface area contributed by atoms with Crippen LogP contribution in [0, 0.1) is 0 Å². The Morgan fingerprint density at radius 1 is 0.882 bits per heavy atom. The van der Waals surface area contributed by atoms with E-state index in [-0.39, 0.29) is 12.5 Å². The zero-order chi connectivity index (χ0) is 12.9. The van der Waals surface area contributed by atoms with Crippen molar-refractivity contribution in [3.05, 3.63) is 0 Å². The summed E-state index contributed by atoms with van der Waals surface area (Å²) in [4.78, 5) is 13.5. The van der Waals surface area contributed by atoms with E-state index in [9.17, 15) is 4.79 Å². The zero-order valence-corrected chi connectivity index (χ0v) is 11.6. The molecule has 1 N–H and O–H groups in total. The summed E-state index contributed by atoms with van der Waals surface area (Å²) in [6.45, 7) is 5.99. The summed E-state index contributed by atoms with van der Waals surface area (Å²) in [6.07, 6.45) is 9.53. The minimum Gasteiger partial charge on any atom is -0.342 e. The van der Waals surface area contributed by atoms with Crippen molar-refractivity contribution in [1.82, 2.24) is 10.6 Å². The van der Waals surface area contributed by atoms with E-state index in [2.05, 4.69) is 13.8 Å². The van der Waals surface area contributed by atoms with E-state index in [4.69, 9.17) is 5.73 Å². The molecule has 1 radical (unpaired) electrons. The van der Waals surface area contributed by atoms with E-state index in [0.717, 1.165) is 25.9 Å². The number of unbranched alkanes of at least 4 members (excludes halogenated alkanes) is 6. The molecule has 0 aromatic heterocycles. The number of hydrogen-bond acceptors (Lipinski definition) is 1. The highest BCUT2D eigenvalue weighted by Crippen LogP contribution is 2.05. The van der Waals surface area contributed by atoms with Crippen molar-refractivity contribution in [3.8, 4) is 0 Å². The topological polar surface area (TPSA) is 44.1 Å². The van der Waals surface area contributed by atoms with Crippen LogP contribution in [0.2, 0.25) is 0 Å². The summed E-state index contributed by atoms with van der Waals surface area (Å²) in [7, 11) is 0. The molecule has 3 nitrogen and oxygen atoms in total. The maximum Gasteiger partial charge on any atom is 0.237 e. The van der Waals surface area contributed by atoms with Crippen LogP contribution in [-0.2, 0) is 4.79 Å². The van der Waals surface area contributed by atoms with Crippen molar-refractivity contribution in [3.63, 3.8) is 0 Å². The number of carbonyl (C=O) groups excluding carboxylic acids is 1. The molecule has 101 valence electrons. The van der Waals surface area contributed by atoms with Crippen LogP contribution in [0.4, 0.5) is 0 Å². The number of nitrogens with zero attached hydrogens (tertiary/aromatic N) is 1. The van der Waals surface area contributed by atoms with Gasteiger partial charge in [-0.3, -0.25) is 4.79 Å². The molecule has 0 heterocycles. The normalized spacial score (nSPS) is 10.5. The van der Waals surface area contributed by atoms with E-state index >= 15 is 0 Å². The van der Waals surface area contributed by atoms with Gasteiger partial charge in [-0.25, -0.2) is 5.73 Å². The fraction of sp³-hybridized carbons (Fsp3) is 0.929. The Morgan fingerprint density at radius 3 is 1.71 bits per heavy atom. The van der Waals surface area contributed by atoms with Gasteiger partial charge in [0.15, 0.2) is 0 Å². The van der Waals surface area contributed by atoms with Crippen LogP contribution < -0.4 is 5.73 Å². The molecular weight excluding hydrogens is 212 g/mol. The summed E-state index contributed by atoms with van der Waals surface area (Å²) >= 11 is 0. The largest absolute Gasteiger partial charge is 0.342 e. The minimum absolute atomic E-state index is 0.00185. The Morgan fingerprint density at radius 2 is 1.35 bits per heavy atom. The van der Waals surface area contributed by atoms with Gasteiger partial charge in [-0.15, -0.1) is 0 Å². The number of nitrogens with one attached hydrogen (secondary N) is 1. The second-order valence-electron chi connectivity index (χ2n) is 4.68. The number of amides is 1. The van der Waals surface area contributed by atoms with Gasteiger partial charge in [-0.2, -0.15) is 0 Å². The molecule has 0 atom stereocenters. The molecule has 0 bridgehead atoms. The van der Waals surface area contributed by atoms with Crippen molar-refractivity contribution in [1.29, 1.82) is 0 Å². The zero-order valence-electron chi connectivity index (χ0n) is 11.6. The molecule has 0 aliphatic heterocycles. The monoisotopic (exact) mass is 241 g/mol. The Hall–Kier alpha value is -0.570. The molecular formula is C14H29N2O. The maximum absolute atomic E-state index is 11.6. The van der Waals surface area contributed by atoms with Crippen LogP contribution in [0.25, 0.3) is 0 Å². The van der Waals surface area contributed by atoms with Crippen molar-refractivity contribution < 1.29 is 4.79 Å². The fourth-order valence-corrected chi connectivity index (χ4v) is 1.93. The van der Waals surface area contributed by atoms with Crippen LogP contribution in [0.1, 0.15) is 65.2 Å². The summed E-state index contributed by atoms with van der Waals surface area (Å²) in [5.74, 6) is -0.00185. The Kier molecular flexibility index (Phi) is 11.5. The molecule has 3 heteroatoms. The van der Waals surface area contributed by atoms with Gasteiger partial charge < -0.3 is 4.90 Å². The van der Waals surface area contributed by atoms with Crippen molar-refractivity contribution in [2.24, 2.45) is 0 Å². The maximum atomic E-state index is 11.6. The summed E-state index contributed by atoms with van der Waals surface area (Å²) in [5, 5.41) is 0. The fourth-order valence-electron chi connectivity index (χ4n) is 1.93. The molecule has 0 aromatic rings. The summed E-state index contributed by atoms with van der Waals surface area (Å²) in [5.41, 5.74) is 7.18. The second kappa shape index (κ2) is 11.9. The standard InChI is InChI=1S/C14H29N2O/c1-3-5-7-9-11-16(14(17)13-15)12-10-8-6-4-2/h15H,3-13H2,1-2H3. The summed E-state index contributed by atoms with van der Waals surface area (Å²) in [6, 6.07) is 0. The molecule has 0 aliphatic rings. The second-order valence-corrected chi connectivity index (χ2v) is 4.68. The van der Waals surface area contributed by atoms with E-state index in [1.54, 1.807) is 0 Å². The predicted octanol–water partition coefficient (Wildman–Crippen LogP) is 3.26. The molecule has 0 aliphatic carbocycles. The van der Waals surface area contributed by atoms with Gasteiger partial charge in [-0.05, 0) is 12.8 Å². The lowest BCUT2D eigenvalue weighted by Crippen LogP contribution is -2.35. The molecule has 0 fully saturated rings. The Balaban J connectivity index is 3.76. The van der Waals surface area contributed by atoms with Gasteiger partial charge in [0.2, 0.25) is 5.91 Å². The minimum atomic E-state index is -0.0957. The average Bonchev–Trinajstić information content (AvgIpc) is 2.36. The lowest BCUT2D eigenvalue weighted by atomic mass is 10.1. The first-order valence-corrected chi connectivity index (χ1v) is 7.18. The van der Waals surface area contributed by atoms with Gasteiger partial charge in [-0.1, -0.05) is 52.4 Å². The molecule has 0 unspecified atom stereocenters. The van der Waals surface area contributed by atoms with Gasteiger partial charge in [0.25, 0.3) is 0 Å². The van der Waals surface area contributed by atoms with Crippen LogP contribution in [0.15, 0.2) is 0 Å². The van der Waals surface area contributed by atoms with E-state index in [1.807, 2.05) is 4.90 Å². The highest BCUT2D eigenvalue weighted by atomic mass is 16.2. The summed E-state index contributed by atoms with van der Waals surface area (Å²) < 4.78 is 0. The first-order valence-electron chi connectivity index (χ1n) is 7.18. The molecule has 0 saturated carbocycles. The lowest BCUT2D eigenvalue weighted by Gasteiger charge is -2.21. The first kappa shape index (κ1) is 16.4. The van der Waals surface area contributed by atoms with Crippen LogP contribution in [0.5, 0.6) is 0 Å². The van der Waals surface area contributed by atoms with Crippen molar-refractivity contribution >= 4 is 5.91 Å². The quantitative estimate of drug-likeness (QED) is 0.512. The lowest BCUT2D eigenvalue weighted by molar-refractivity contribution is -0.130.